The number of benzene rings is 2. The molecule has 2 aliphatic heterocycles. The predicted octanol–water partition coefficient (Wildman–Crippen LogP) is 1.39. The van der Waals surface area contributed by atoms with Crippen LogP contribution in [-0.4, -0.2) is 35.3 Å². The van der Waals surface area contributed by atoms with Crippen molar-refractivity contribution in [2.24, 2.45) is 0 Å². The van der Waals surface area contributed by atoms with Crippen LogP contribution < -0.4 is 16.0 Å². The second kappa shape index (κ2) is 7.20. The summed E-state index contributed by atoms with van der Waals surface area (Å²) < 4.78 is 0. The summed E-state index contributed by atoms with van der Waals surface area (Å²) in [5, 5.41) is 8.68. The van der Waals surface area contributed by atoms with E-state index < -0.39 is 0 Å². The molecule has 4 rings (SSSR count). The van der Waals surface area contributed by atoms with Crippen molar-refractivity contribution in [2.75, 3.05) is 11.9 Å². The first-order valence-electron chi connectivity index (χ1n) is 8.88. The number of amides is 4. The zero-order chi connectivity index (χ0) is 18.8. The van der Waals surface area contributed by atoms with Crippen LogP contribution in [0.4, 0.5) is 10.5 Å². The van der Waals surface area contributed by atoms with Crippen molar-refractivity contribution in [3.63, 3.8) is 0 Å². The molecule has 2 aromatic rings. The zero-order valence-electron chi connectivity index (χ0n) is 14.7. The summed E-state index contributed by atoms with van der Waals surface area (Å²) in [6.07, 6.45) is 0.643. The molecular formula is C20H20N4O3. The van der Waals surface area contributed by atoms with E-state index in [4.69, 9.17) is 0 Å². The van der Waals surface area contributed by atoms with Crippen LogP contribution in [0.5, 0.6) is 0 Å². The summed E-state index contributed by atoms with van der Waals surface area (Å²) in [7, 11) is 0. The van der Waals surface area contributed by atoms with E-state index in [1.807, 2.05) is 18.2 Å². The average Bonchev–Trinajstić information content (AvgIpc) is 3.00. The van der Waals surface area contributed by atoms with Gasteiger partial charge in [-0.2, -0.15) is 0 Å². The van der Waals surface area contributed by atoms with Crippen molar-refractivity contribution in [3.05, 3.63) is 65.2 Å². The van der Waals surface area contributed by atoms with Gasteiger partial charge < -0.3 is 16.0 Å². The first-order chi connectivity index (χ1) is 13.1. The molecule has 0 radical (unpaired) electrons. The van der Waals surface area contributed by atoms with E-state index in [0.29, 0.717) is 18.7 Å². The fourth-order valence-electron chi connectivity index (χ4n) is 3.41. The number of carbonyl (C=O) groups is 3. The Balaban J connectivity index is 1.42. The molecule has 7 nitrogen and oxygen atoms in total. The Morgan fingerprint density at radius 3 is 2.67 bits per heavy atom. The minimum absolute atomic E-state index is 0.0318. The van der Waals surface area contributed by atoms with Crippen LogP contribution in [0.3, 0.4) is 0 Å². The molecule has 0 saturated carbocycles. The second-order valence-corrected chi connectivity index (χ2v) is 6.73. The van der Waals surface area contributed by atoms with Crippen molar-refractivity contribution < 1.29 is 14.4 Å². The number of nitrogens with zero attached hydrogens (tertiary/aromatic N) is 1. The van der Waals surface area contributed by atoms with E-state index in [2.05, 4.69) is 28.1 Å². The summed E-state index contributed by atoms with van der Waals surface area (Å²) in [5.41, 5.74) is 3.83. The third kappa shape index (κ3) is 3.68. The number of fused-ring (bicyclic) bond motifs is 1. The Morgan fingerprint density at radius 1 is 1.07 bits per heavy atom. The number of rotatable bonds is 4. The zero-order valence-corrected chi connectivity index (χ0v) is 14.7. The largest absolute Gasteiger partial charge is 0.329 e. The molecule has 1 unspecified atom stereocenters. The smallest absolute Gasteiger partial charge is 0.324 e. The molecular weight excluding hydrogens is 344 g/mol. The molecule has 4 amide bonds. The van der Waals surface area contributed by atoms with Gasteiger partial charge in [-0.15, -0.1) is 0 Å². The standard InChI is InChI=1S/C20H20N4O3/c25-18-11-22-20(27)24(18)12-13-4-3-7-16(8-13)23-19(26)17-9-14-5-1-2-6-15(14)10-21-17/h1-8,17,21H,9-12H2,(H,22,27)(H,23,26). The minimum Gasteiger partial charge on any atom is -0.329 e. The van der Waals surface area contributed by atoms with Crippen LogP contribution in [0.25, 0.3) is 0 Å². The molecule has 0 aromatic heterocycles. The van der Waals surface area contributed by atoms with Crippen LogP contribution in [0.2, 0.25) is 0 Å². The van der Waals surface area contributed by atoms with Gasteiger partial charge in [0.05, 0.1) is 19.1 Å². The van der Waals surface area contributed by atoms with Crippen LogP contribution in [0.1, 0.15) is 16.7 Å². The van der Waals surface area contributed by atoms with Crippen molar-refractivity contribution >= 4 is 23.5 Å². The molecule has 138 valence electrons. The fraction of sp³-hybridized carbons (Fsp3) is 0.250. The Hall–Kier alpha value is -3.19. The number of hydrogen-bond donors (Lipinski definition) is 3. The van der Waals surface area contributed by atoms with Crippen molar-refractivity contribution in [1.29, 1.82) is 0 Å². The summed E-state index contributed by atoms with van der Waals surface area (Å²) in [4.78, 5) is 37.2. The van der Waals surface area contributed by atoms with Gasteiger partial charge in [0, 0.05) is 12.2 Å². The van der Waals surface area contributed by atoms with Crippen LogP contribution in [-0.2, 0) is 29.1 Å². The summed E-state index contributed by atoms with van der Waals surface area (Å²) in [5.74, 6) is -0.351. The lowest BCUT2D eigenvalue weighted by Crippen LogP contribution is -2.44. The molecule has 1 fully saturated rings. The van der Waals surface area contributed by atoms with Gasteiger partial charge in [0.25, 0.3) is 0 Å². The van der Waals surface area contributed by atoms with Gasteiger partial charge in [0.15, 0.2) is 0 Å². The highest BCUT2D eigenvalue weighted by Crippen LogP contribution is 2.18. The molecule has 27 heavy (non-hydrogen) atoms. The van der Waals surface area contributed by atoms with Gasteiger partial charge in [-0.3, -0.25) is 14.5 Å². The first-order valence-corrected chi connectivity index (χ1v) is 8.88. The number of carbonyl (C=O) groups excluding carboxylic acids is 3. The van der Waals surface area contributed by atoms with Gasteiger partial charge >= 0.3 is 6.03 Å². The molecule has 1 atom stereocenters. The number of hydrogen-bond acceptors (Lipinski definition) is 4. The highest BCUT2D eigenvalue weighted by atomic mass is 16.2. The topological polar surface area (TPSA) is 90.5 Å². The first kappa shape index (κ1) is 17.2. The molecule has 2 aliphatic rings. The van der Waals surface area contributed by atoms with E-state index in [1.54, 1.807) is 18.2 Å². The summed E-state index contributed by atoms with van der Waals surface area (Å²) in [6.45, 7) is 0.883. The quantitative estimate of drug-likeness (QED) is 0.715. The lowest BCUT2D eigenvalue weighted by atomic mass is 9.95. The van der Waals surface area contributed by atoms with Crippen LogP contribution >= 0.6 is 0 Å². The third-order valence-electron chi connectivity index (χ3n) is 4.87. The lowest BCUT2D eigenvalue weighted by Gasteiger charge is -2.25. The number of nitrogens with one attached hydrogen (secondary N) is 3. The van der Waals surface area contributed by atoms with E-state index >= 15 is 0 Å². The molecule has 0 bridgehead atoms. The SMILES string of the molecule is O=C(Nc1cccc(CN2C(=O)CNC2=O)c1)C1Cc2ccccc2CN1. The van der Waals surface area contributed by atoms with Crippen molar-refractivity contribution in [3.8, 4) is 0 Å². The molecule has 2 aromatic carbocycles. The Morgan fingerprint density at radius 2 is 1.89 bits per heavy atom. The van der Waals surface area contributed by atoms with Gasteiger partial charge in [-0.25, -0.2) is 4.79 Å². The van der Waals surface area contributed by atoms with Crippen LogP contribution in [0, 0.1) is 0 Å². The molecule has 3 N–H and O–H groups in total. The fourth-order valence-corrected chi connectivity index (χ4v) is 3.41. The molecule has 0 aliphatic carbocycles. The van der Waals surface area contributed by atoms with E-state index in [-0.39, 0.29) is 37.0 Å². The Bertz CT molecular complexity index is 896. The van der Waals surface area contributed by atoms with Crippen molar-refractivity contribution in [1.82, 2.24) is 15.5 Å². The van der Waals surface area contributed by atoms with Gasteiger partial charge in [0.1, 0.15) is 0 Å². The number of imide groups is 1. The maximum Gasteiger partial charge on any atom is 0.324 e. The van der Waals surface area contributed by atoms with Gasteiger partial charge in [-0.05, 0) is 35.2 Å². The maximum absolute atomic E-state index is 12.6. The Kier molecular flexibility index (Phi) is 4.60. The predicted molar refractivity (Wildman–Crippen MR) is 99.8 cm³/mol. The van der Waals surface area contributed by atoms with Gasteiger partial charge in [-0.1, -0.05) is 36.4 Å². The van der Waals surface area contributed by atoms with Crippen LogP contribution in [0.15, 0.2) is 48.5 Å². The second-order valence-electron chi connectivity index (χ2n) is 6.73. The normalized spacial score (nSPS) is 18.8. The third-order valence-corrected chi connectivity index (χ3v) is 4.87. The van der Waals surface area contributed by atoms with E-state index in [1.165, 1.54) is 16.0 Å². The molecule has 7 heteroatoms. The monoisotopic (exact) mass is 364 g/mol. The van der Waals surface area contributed by atoms with Crippen molar-refractivity contribution in [2.45, 2.75) is 25.6 Å². The van der Waals surface area contributed by atoms with Gasteiger partial charge in [0.2, 0.25) is 11.8 Å². The van der Waals surface area contributed by atoms with E-state index in [9.17, 15) is 14.4 Å². The lowest BCUT2D eigenvalue weighted by molar-refractivity contribution is -0.125. The molecule has 2 heterocycles. The summed E-state index contributed by atoms with van der Waals surface area (Å²) >= 11 is 0. The van der Waals surface area contributed by atoms with E-state index in [0.717, 1.165) is 5.56 Å². The summed E-state index contributed by atoms with van der Waals surface area (Å²) in [6, 6.07) is 14.6. The average molecular weight is 364 g/mol. The highest BCUT2D eigenvalue weighted by molar-refractivity contribution is 6.02. The maximum atomic E-state index is 12.6. The minimum atomic E-state index is -0.389. The number of urea groups is 1. The Labute approximate surface area is 156 Å². The molecule has 0 spiro atoms. The highest BCUT2D eigenvalue weighted by Gasteiger charge is 2.28. The number of anilines is 1. The molecule has 1 saturated heterocycles.